The molecule has 0 spiro atoms. The number of hydrogen-bond acceptors (Lipinski definition) is 9. The quantitative estimate of drug-likeness (QED) is 0.164. The monoisotopic (exact) mass is 671 g/mol. The number of nitrogens with one attached hydrogen (secondary N) is 1. The third-order valence-corrected chi connectivity index (χ3v) is 9.13. The summed E-state index contributed by atoms with van der Waals surface area (Å²) in [5.74, 6) is 0.834. The number of anilines is 1. The van der Waals surface area contributed by atoms with Gasteiger partial charge in [-0.3, -0.25) is 0 Å². The lowest BCUT2D eigenvalue weighted by atomic mass is 9.84. The van der Waals surface area contributed by atoms with Gasteiger partial charge >= 0.3 is 0 Å². The molecule has 2 unspecified atom stereocenters. The summed E-state index contributed by atoms with van der Waals surface area (Å²) < 4.78 is 65.0. The van der Waals surface area contributed by atoms with Crippen LogP contribution in [0.5, 0.6) is 0 Å². The fourth-order valence-electron chi connectivity index (χ4n) is 6.66. The largest absolute Gasteiger partial charge is 0.385 e. The van der Waals surface area contributed by atoms with Crippen LogP contribution in [-0.2, 0) is 0 Å². The lowest BCUT2D eigenvalue weighted by molar-refractivity contribution is 0.175. The Morgan fingerprint density at radius 1 is 0.851 bits per heavy atom. The molecule has 0 saturated heterocycles. The highest BCUT2D eigenvalue weighted by atomic mass is 35.5. The van der Waals surface area contributed by atoms with Gasteiger partial charge in [0.1, 0.15) is 45.8 Å². The first-order valence-corrected chi connectivity index (χ1v) is 15.5. The van der Waals surface area contributed by atoms with Crippen LogP contribution in [0, 0.1) is 34.5 Å². The van der Waals surface area contributed by atoms with E-state index in [-0.39, 0.29) is 43.7 Å². The zero-order valence-electron chi connectivity index (χ0n) is 33.0. The molecule has 2 saturated carbocycles. The van der Waals surface area contributed by atoms with Crippen molar-refractivity contribution in [1.82, 2.24) is 29.1 Å². The van der Waals surface area contributed by atoms with E-state index < -0.39 is 25.9 Å². The Morgan fingerprint density at radius 3 is 1.72 bits per heavy atom. The molecule has 4 aromatic heterocycles. The molecule has 0 amide bonds. The molecule has 0 radical (unpaired) electrons. The summed E-state index contributed by atoms with van der Waals surface area (Å²) in [5, 5.41) is 42.0. The summed E-state index contributed by atoms with van der Waals surface area (Å²) in [4.78, 5) is 16.7. The van der Waals surface area contributed by atoms with Gasteiger partial charge in [0.15, 0.2) is 0 Å². The summed E-state index contributed by atoms with van der Waals surface area (Å²) >= 11 is 6.00. The molecule has 4 heterocycles. The van der Waals surface area contributed by atoms with Crippen molar-refractivity contribution in [1.29, 1.82) is 10.5 Å². The zero-order chi connectivity index (χ0) is 38.9. The van der Waals surface area contributed by atoms with E-state index >= 15 is 0 Å². The summed E-state index contributed by atoms with van der Waals surface area (Å²) in [5.41, 5.74) is 2.03. The van der Waals surface area contributed by atoms with Crippen LogP contribution in [-0.4, -0.2) is 46.3 Å². The average Bonchev–Trinajstić information content (AvgIpc) is 3.68. The third kappa shape index (κ3) is 8.39. The lowest BCUT2D eigenvalue weighted by Gasteiger charge is -2.30. The van der Waals surface area contributed by atoms with Gasteiger partial charge in [0.05, 0.1) is 38.3 Å². The Balaban J connectivity index is 0.000000285. The van der Waals surface area contributed by atoms with Crippen LogP contribution < -0.4 is 5.32 Å². The van der Waals surface area contributed by atoms with Gasteiger partial charge in [0.2, 0.25) is 0 Å². The van der Waals surface area contributed by atoms with Crippen LogP contribution in [0.25, 0.3) is 22.1 Å². The second-order valence-electron chi connectivity index (χ2n) is 11.7. The van der Waals surface area contributed by atoms with Gasteiger partial charge in [0, 0.05) is 52.3 Å². The standard InChI is InChI=1S/C17H23N5O.C16H19ClN4O.2CH4/c1-11(23)17-21-14-10-20-16(19-2)9-15(14)22(17)13-5-3-12(4-6-13)7-8-18;1-10(22)16-20-13-9-19-15(17)8-14(13)21(16)12-4-2-11(3-5-12)6-7-18;;/h9-13,23H,3-7H2,1-2H3,(H,19,20);8-12,22H,2-6H2,1H3;2*1H4/i1D3,11D;1D3,10D;;. The topological polar surface area (TPSA) is 161 Å². The van der Waals surface area contributed by atoms with Gasteiger partial charge < -0.3 is 24.7 Å². The number of aromatic nitrogens is 6. The molecule has 47 heavy (non-hydrogen) atoms. The van der Waals surface area contributed by atoms with Gasteiger partial charge in [-0.2, -0.15) is 10.5 Å². The number of pyridine rings is 2. The molecule has 11 nitrogen and oxygen atoms in total. The number of imidazole rings is 2. The molecule has 2 aliphatic rings. The van der Waals surface area contributed by atoms with Gasteiger partial charge in [0.25, 0.3) is 0 Å². The maximum Gasteiger partial charge on any atom is 0.138 e. The van der Waals surface area contributed by atoms with Crippen molar-refractivity contribution in [3.05, 3.63) is 41.3 Å². The number of nitrogens with zero attached hydrogens (tertiary/aromatic N) is 8. The van der Waals surface area contributed by atoms with Crippen molar-refractivity contribution in [3.8, 4) is 12.1 Å². The van der Waals surface area contributed by atoms with Crippen molar-refractivity contribution in [2.24, 2.45) is 11.8 Å². The van der Waals surface area contributed by atoms with E-state index in [1.54, 1.807) is 28.3 Å². The van der Waals surface area contributed by atoms with E-state index in [9.17, 15) is 10.2 Å². The van der Waals surface area contributed by atoms with Crippen LogP contribution in [0.2, 0.25) is 5.15 Å². The first kappa shape index (κ1) is 27.2. The van der Waals surface area contributed by atoms with Crippen LogP contribution in [0.15, 0.2) is 24.5 Å². The first-order valence-electron chi connectivity index (χ1n) is 19.1. The minimum absolute atomic E-state index is 0. The molecule has 3 N–H and O–H groups in total. The zero-order valence-corrected chi connectivity index (χ0v) is 25.8. The predicted octanol–water partition coefficient (Wildman–Crippen LogP) is 8.23. The Bertz CT molecular complexity index is 2000. The van der Waals surface area contributed by atoms with E-state index in [1.165, 1.54) is 12.4 Å². The van der Waals surface area contributed by atoms with E-state index in [0.29, 0.717) is 65.4 Å². The summed E-state index contributed by atoms with van der Waals surface area (Å²) in [7, 11) is 1.73. The van der Waals surface area contributed by atoms with E-state index in [1.807, 2.05) is 0 Å². The molecule has 0 aliphatic heterocycles. The van der Waals surface area contributed by atoms with Gasteiger partial charge in [-0.05, 0) is 76.9 Å². The molecule has 254 valence electrons. The highest BCUT2D eigenvalue weighted by molar-refractivity contribution is 6.29. The molecule has 2 atom stereocenters. The van der Waals surface area contributed by atoms with E-state index in [4.69, 9.17) is 33.1 Å². The normalized spacial score (nSPS) is 26.4. The number of aliphatic hydroxyl groups is 2. The van der Waals surface area contributed by atoms with Crippen molar-refractivity contribution >= 4 is 39.5 Å². The second kappa shape index (κ2) is 16.9. The van der Waals surface area contributed by atoms with Gasteiger partial charge in [-0.25, -0.2) is 19.9 Å². The highest BCUT2D eigenvalue weighted by Crippen LogP contribution is 2.39. The van der Waals surface area contributed by atoms with Crippen LogP contribution >= 0.6 is 11.6 Å². The Kier molecular flexibility index (Phi) is 9.77. The minimum Gasteiger partial charge on any atom is -0.385 e. The predicted molar refractivity (Wildman–Crippen MR) is 187 cm³/mol. The smallest absolute Gasteiger partial charge is 0.138 e. The molecule has 12 heteroatoms. The van der Waals surface area contributed by atoms with Gasteiger partial charge in [-0.15, -0.1) is 0 Å². The Hall–Kier alpha value is -3.77. The molecule has 0 aromatic carbocycles. The minimum atomic E-state index is -2.96. The first-order chi connectivity index (χ1) is 24.8. The number of halogens is 1. The van der Waals surface area contributed by atoms with Crippen LogP contribution in [0.4, 0.5) is 5.82 Å². The molecule has 2 fully saturated rings. The Labute approximate surface area is 294 Å². The molecular formula is C35H50ClN9O2. The lowest BCUT2D eigenvalue weighted by Crippen LogP contribution is -2.20. The molecular weight excluding hydrogens is 614 g/mol. The van der Waals surface area contributed by atoms with Crippen LogP contribution in [0.1, 0.15) is 140 Å². The van der Waals surface area contributed by atoms with Crippen LogP contribution in [0.3, 0.4) is 0 Å². The number of nitriles is 2. The molecule has 2 aliphatic carbocycles. The van der Waals surface area contributed by atoms with Crippen molar-refractivity contribution < 1.29 is 21.2 Å². The number of fused-ring (bicyclic) bond motifs is 2. The fraction of sp³-hybridized carbons (Fsp3) is 0.600. The van der Waals surface area contributed by atoms with Crippen molar-refractivity contribution in [3.63, 3.8) is 0 Å². The number of rotatable bonds is 7. The van der Waals surface area contributed by atoms with Crippen molar-refractivity contribution in [2.45, 2.75) is 117 Å². The van der Waals surface area contributed by atoms with E-state index in [2.05, 4.69) is 37.4 Å². The molecule has 4 aromatic rings. The third-order valence-electron chi connectivity index (χ3n) is 8.92. The maximum absolute atomic E-state index is 10.5. The SMILES string of the molecule is C.C.[2H]C([2H])([2H])C([2H])(O)c1nc2cnc(Cl)cc2n1C1CCC(CC#N)CC1.[2H]C([2H])([2H])C([2H])(O)c1nc2cnc(NC)cc2n1C1CCC(CC#N)CC1. The number of hydrogen-bond donors (Lipinski definition) is 3. The fourth-order valence-corrected chi connectivity index (χ4v) is 6.81. The maximum atomic E-state index is 10.5. The second-order valence-corrected chi connectivity index (χ2v) is 12.1. The summed E-state index contributed by atoms with van der Waals surface area (Å²) in [6.07, 6.45) is 4.47. The summed E-state index contributed by atoms with van der Waals surface area (Å²) in [6.45, 7) is -5.90. The van der Waals surface area contributed by atoms with Gasteiger partial charge in [-0.1, -0.05) is 26.5 Å². The molecule has 6 rings (SSSR count). The van der Waals surface area contributed by atoms with Crippen molar-refractivity contribution in [2.75, 3.05) is 12.4 Å². The summed E-state index contributed by atoms with van der Waals surface area (Å²) in [6, 6.07) is 7.51. The Morgan fingerprint density at radius 2 is 1.30 bits per heavy atom. The highest BCUT2D eigenvalue weighted by Gasteiger charge is 2.28. The average molecular weight is 672 g/mol. The molecule has 0 bridgehead atoms. The van der Waals surface area contributed by atoms with E-state index in [0.717, 1.165) is 38.5 Å².